The van der Waals surface area contributed by atoms with Crippen LogP contribution >= 0.6 is 11.8 Å². The van der Waals surface area contributed by atoms with Gasteiger partial charge in [0.2, 0.25) is 5.91 Å². The molecule has 102 valence electrons. The van der Waals surface area contributed by atoms with E-state index < -0.39 is 0 Å². The van der Waals surface area contributed by atoms with Gasteiger partial charge in [0.05, 0.1) is 4.75 Å². The number of carbonyl (C=O) groups is 1. The maximum absolute atomic E-state index is 12.2. The fourth-order valence-corrected chi connectivity index (χ4v) is 4.02. The van der Waals surface area contributed by atoms with Crippen LogP contribution in [0.5, 0.6) is 0 Å². The van der Waals surface area contributed by atoms with Crippen molar-refractivity contribution in [3.05, 3.63) is 34.9 Å². The Hall–Kier alpha value is -1.00. The van der Waals surface area contributed by atoms with Gasteiger partial charge in [-0.05, 0) is 42.2 Å². The summed E-state index contributed by atoms with van der Waals surface area (Å²) in [7, 11) is 0. The Balaban J connectivity index is 1.61. The van der Waals surface area contributed by atoms with Gasteiger partial charge in [-0.25, -0.2) is 0 Å². The van der Waals surface area contributed by atoms with Crippen molar-refractivity contribution < 1.29 is 4.79 Å². The van der Waals surface area contributed by atoms with Crippen LogP contribution in [0.2, 0.25) is 0 Å². The Morgan fingerprint density at radius 2 is 2.26 bits per heavy atom. The summed E-state index contributed by atoms with van der Waals surface area (Å²) in [5, 5.41) is 6.43. The zero-order valence-electron chi connectivity index (χ0n) is 11.3. The van der Waals surface area contributed by atoms with E-state index in [1.54, 1.807) is 11.8 Å². The lowest BCUT2D eigenvalue weighted by molar-refractivity contribution is -0.123. The number of hydrogen-bond donors (Lipinski definition) is 2. The van der Waals surface area contributed by atoms with Crippen molar-refractivity contribution in [3.63, 3.8) is 0 Å². The number of hydrogen-bond acceptors (Lipinski definition) is 3. The molecule has 0 aliphatic carbocycles. The third-order valence-electron chi connectivity index (χ3n) is 4.05. The van der Waals surface area contributed by atoms with E-state index >= 15 is 0 Å². The molecule has 3 rings (SSSR count). The zero-order valence-corrected chi connectivity index (χ0v) is 12.1. The lowest BCUT2D eigenvalue weighted by atomic mass is 10.0. The van der Waals surface area contributed by atoms with Crippen LogP contribution in [0.15, 0.2) is 18.2 Å². The van der Waals surface area contributed by atoms with Crippen LogP contribution in [0.1, 0.15) is 36.5 Å². The first-order valence-corrected chi connectivity index (χ1v) is 7.90. The minimum absolute atomic E-state index is 0.189. The van der Waals surface area contributed by atoms with Crippen molar-refractivity contribution in [2.45, 2.75) is 44.1 Å². The average molecular weight is 276 g/mol. The summed E-state index contributed by atoms with van der Waals surface area (Å²) in [5.74, 6) is 1.29. The van der Waals surface area contributed by atoms with E-state index in [4.69, 9.17) is 0 Å². The van der Waals surface area contributed by atoms with E-state index in [9.17, 15) is 4.79 Å². The van der Waals surface area contributed by atoms with E-state index in [0.717, 1.165) is 31.7 Å². The van der Waals surface area contributed by atoms with E-state index in [-0.39, 0.29) is 10.7 Å². The van der Waals surface area contributed by atoms with Gasteiger partial charge >= 0.3 is 0 Å². The fourth-order valence-electron chi connectivity index (χ4n) is 2.79. The fraction of sp³-hybridized carbons (Fsp3) is 0.533. The van der Waals surface area contributed by atoms with Crippen LogP contribution in [0.4, 0.5) is 0 Å². The molecule has 2 aliphatic rings. The minimum Gasteiger partial charge on any atom is -0.351 e. The first-order valence-electron chi connectivity index (χ1n) is 6.91. The van der Waals surface area contributed by atoms with Gasteiger partial charge in [0.15, 0.2) is 0 Å². The smallest absolute Gasteiger partial charge is 0.236 e. The highest BCUT2D eigenvalue weighted by atomic mass is 32.2. The number of carbonyl (C=O) groups excluding carboxylic acids is 1. The second-order valence-electron chi connectivity index (χ2n) is 5.57. The predicted octanol–water partition coefficient (Wildman–Crippen LogP) is 2.19. The Kier molecular flexibility index (Phi) is 3.54. The quantitative estimate of drug-likeness (QED) is 0.889. The Labute approximate surface area is 118 Å². The van der Waals surface area contributed by atoms with Gasteiger partial charge < -0.3 is 10.6 Å². The largest absolute Gasteiger partial charge is 0.351 e. The second kappa shape index (κ2) is 5.17. The maximum atomic E-state index is 12.2. The summed E-state index contributed by atoms with van der Waals surface area (Å²) >= 11 is 1.79. The number of nitrogens with one attached hydrogen (secondary N) is 2. The van der Waals surface area contributed by atoms with E-state index in [1.165, 1.54) is 16.7 Å². The number of rotatable bonds is 3. The number of fused-ring (bicyclic) bond motifs is 1. The summed E-state index contributed by atoms with van der Waals surface area (Å²) in [5.41, 5.74) is 3.95. The molecular weight excluding hydrogens is 256 g/mol. The molecule has 1 aromatic rings. The van der Waals surface area contributed by atoms with Crippen molar-refractivity contribution in [3.8, 4) is 0 Å². The summed E-state index contributed by atoms with van der Waals surface area (Å²) in [6.07, 6.45) is 2.15. The van der Waals surface area contributed by atoms with Crippen LogP contribution in [-0.2, 0) is 24.4 Å². The van der Waals surface area contributed by atoms with Crippen molar-refractivity contribution in [1.29, 1.82) is 0 Å². The number of benzene rings is 1. The van der Waals surface area contributed by atoms with Gasteiger partial charge in [0.25, 0.3) is 0 Å². The lowest BCUT2D eigenvalue weighted by Gasteiger charge is -2.21. The summed E-state index contributed by atoms with van der Waals surface area (Å²) in [6, 6.07) is 6.50. The predicted molar refractivity (Wildman–Crippen MR) is 78.9 cm³/mol. The van der Waals surface area contributed by atoms with Crippen LogP contribution in [0, 0.1) is 0 Å². The first-order chi connectivity index (χ1) is 9.17. The van der Waals surface area contributed by atoms with Gasteiger partial charge in [-0.2, -0.15) is 0 Å². The zero-order chi connectivity index (χ0) is 13.3. The van der Waals surface area contributed by atoms with E-state index in [1.807, 2.05) is 0 Å². The van der Waals surface area contributed by atoms with Crippen molar-refractivity contribution >= 4 is 17.7 Å². The van der Waals surface area contributed by atoms with Gasteiger partial charge in [-0.3, -0.25) is 4.79 Å². The molecule has 19 heavy (non-hydrogen) atoms. The van der Waals surface area contributed by atoms with Crippen LogP contribution < -0.4 is 10.6 Å². The molecular formula is C15H20N2OS. The summed E-state index contributed by atoms with van der Waals surface area (Å²) in [6.45, 7) is 4.62. The monoisotopic (exact) mass is 276 g/mol. The Morgan fingerprint density at radius 3 is 3.05 bits per heavy atom. The second-order valence-corrected chi connectivity index (χ2v) is 7.17. The van der Waals surface area contributed by atoms with Crippen LogP contribution in [0.25, 0.3) is 0 Å². The standard InChI is InChI=1S/C15H20N2OS/c1-15(5-2-6-19-15)14(18)17-8-11-3-4-12-9-16-10-13(12)7-11/h3-4,7,16H,2,5-6,8-10H2,1H3,(H,17,18). The molecule has 1 saturated heterocycles. The highest BCUT2D eigenvalue weighted by Gasteiger charge is 2.36. The van der Waals surface area contributed by atoms with E-state index in [0.29, 0.717) is 6.54 Å². The highest BCUT2D eigenvalue weighted by molar-refractivity contribution is 8.01. The number of amides is 1. The molecule has 2 heterocycles. The molecule has 0 radical (unpaired) electrons. The van der Waals surface area contributed by atoms with Crippen LogP contribution in [-0.4, -0.2) is 16.4 Å². The highest BCUT2D eigenvalue weighted by Crippen LogP contribution is 2.37. The minimum atomic E-state index is -0.210. The Morgan fingerprint density at radius 1 is 1.42 bits per heavy atom. The SMILES string of the molecule is CC1(C(=O)NCc2ccc3c(c2)CNC3)CCCS1. The lowest BCUT2D eigenvalue weighted by Crippen LogP contribution is -2.39. The summed E-state index contributed by atoms with van der Waals surface area (Å²) in [4.78, 5) is 12.2. The van der Waals surface area contributed by atoms with Gasteiger partial charge in [0, 0.05) is 19.6 Å². The topological polar surface area (TPSA) is 41.1 Å². The first kappa shape index (κ1) is 13.0. The molecule has 1 fully saturated rings. The molecule has 0 spiro atoms. The van der Waals surface area contributed by atoms with E-state index in [2.05, 4.69) is 35.8 Å². The molecule has 4 heteroatoms. The molecule has 1 unspecified atom stereocenters. The molecule has 2 N–H and O–H groups in total. The van der Waals surface area contributed by atoms with Crippen LogP contribution in [0.3, 0.4) is 0 Å². The third kappa shape index (κ3) is 2.65. The van der Waals surface area contributed by atoms with Gasteiger partial charge in [0.1, 0.15) is 0 Å². The molecule has 0 bridgehead atoms. The van der Waals surface area contributed by atoms with Crippen molar-refractivity contribution in [1.82, 2.24) is 10.6 Å². The Bertz CT molecular complexity index is 495. The average Bonchev–Trinajstić information content (AvgIpc) is 3.04. The summed E-state index contributed by atoms with van der Waals surface area (Å²) < 4.78 is -0.210. The van der Waals surface area contributed by atoms with Crippen molar-refractivity contribution in [2.75, 3.05) is 5.75 Å². The van der Waals surface area contributed by atoms with Gasteiger partial charge in [-0.15, -0.1) is 11.8 Å². The maximum Gasteiger partial charge on any atom is 0.236 e. The third-order valence-corrected chi connectivity index (χ3v) is 5.57. The molecule has 0 aromatic heterocycles. The molecule has 1 atom stereocenters. The van der Waals surface area contributed by atoms with Gasteiger partial charge in [-0.1, -0.05) is 18.2 Å². The normalized spacial score (nSPS) is 25.3. The number of thioether (sulfide) groups is 1. The molecule has 1 aromatic carbocycles. The van der Waals surface area contributed by atoms with Crippen molar-refractivity contribution in [2.24, 2.45) is 0 Å². The molecule has 1 amide bonds. The molecule has 0 saturated carbocycles. The molecule has 2 aliphatic heterocycles. The molecule has 3 nitrogen and oxygen atoms in total.